The summed E-state index contributed by atoms with van der Waals surface area (Å²) in [6, 6.07) is 5.15. The van der Waals surface area contributed by atoms with Crippen LogP contribution in [0.3, 0.4) is 0 Å². The molecule has 0 aliphatic heterocycles. The van der Waals surface area contributed by atoms with Gasteiger partial charge in [0.2, 0.25) is 0 Å². The van der Waals surface area contributed by atoms with Crippen molar-refractivity contribution in [2.45, 2.75) is 18.6 Å². The molecule has 108 valence electrons. The number of aromatic nitrogens is 2. The molecule has 0 aliphatic rings. The number of nitrogens with zero attached hydrogens (tertiary/aromatic N) is 1. The van der Waals surface area contributed by atoms with Gasteiger partial charge in [-0.15, -0.1) is 0 Å². The van der Waals surface area contributed by atoms with Gasteiger partial charge in [-0.1, -0.05) is 6.07 Å². The van der Waals surface area contributed by atoms with Gasteiger partial charge in [-0.05, 0) is 26.0 Å². The van der Waals surface area contributed by atoms with E-state index in [0.29, 0.717) is 5.56 Å². The molecule has 0 unspecified atom stereocenters. The van der Waals surface area contributed by atoms with Gasteiger partial charge in [0.15, 0.2) is 9.84 Å². The Labute approximate surface area is 117 Å². The number of nitrogens with one attached hydrogen (secondary N) is 2. The summed E-state index contributed by atoms with van der Waals surface area (Å²) in [6.07, 6.45) is 2.83. The van der Waals surface area contributed by atoms with E-state index in [4.69, 9.17) is 0 Å². The number of amides is 1. The molecule has 0 aliphatic carbocycles. The molecule has 2 N–H and O–H groups in total. The third-order valence-electron chi connectivity index (χ3n) is 3.38. The molecule has 0 spiro atoms. The molecular weight excluding hydrogens is 278 g/mol. The summed E-state index contributed by atoms with van der Waals surface area (Å²) in [7, 11) is -3.24. The highest BCUT2D eigenvalue weighted by atomic mass is 32.2. The summed E-state index contributed by atoms with van der Waals surface area (Å²) in [5, 5.41) is 10.2. The Morgan fingerprint density at radius 2 is 2.10 bits per heavy atom. The number of carbonyl (C=O) groups excluding carboxylic acids is 1. The number of H-pyrrole nitrogens is 1. The fraction of sp³-hybridized carbons (Fsp3) is 0.385. The van der Waals surface area contributed by atoms with Gasteiger partial charge in [0.25, 0.3) is 5.91 Å². The molecule has 0 radical (unpaired) electrons. The Kier molecular flexibility index (Phi) is 3.56. The van der Waals surface area contributed by atoms with Gasteiger partial charge >= 0.3 is 0 Å². The summed E-state index contributed by atoms with van der Waals surface area (Å²) in [5.41, 5.74) is 1.23. The molecular formula is C13H17N3O3S. The van der Waals surface area contributed by atoms with Crippen molar-refractivity contribution in [3.8, 4) is 0 Å². The van der Waals surface area contributed by atoms with Crippen molar-refractivity contribution in [3.63, 3.8) is 0 Å². The van der Waals surface area contributed by atoms with Gasteiger partial charge in [-0.25, -0.2) is 8.42 Å². The van der Waals surface area contributed by atoms with Crippen molar-refractivity contribution in [2.24, 2.45) is 0 Å². The van der Waals surface area contributed by atoms with Crippen LogP contribution < -0.4 is 5.32 Å². The minimum atomic E-state index is -3.24. The van der Waals surface area contributed by atoms with Crippen LogP contribution in [0.4, 0.5) is 0 Å². The first-order valence-corrected chi connectivity index (χ1v) is 8.01. The molecule has 1 aromatic carbocycles. The lowest BCUT2D eigenvalue weighted by atomic mass is 10.1. The highest BCUT2D eigenvalue weighted by molar-refractivity contribution is 7.92. The van der Waals surface area contributed by atoms with E-state index >= 15 is 0 Å². The van der Waals surface area contributed by atoms with Crippen LogP contribution in [0.15, 0.2) is 24.4 Å². The van der Waals surface area contributed by atoms with Gasteiger partial charge in [-0.2, -0.15) is 5.10 Å². The molecule has 1 heterocycles. The molecule has 2 rings (SSSR count). The zero-order valence-electron chi connectivity index (χ0n) is 11.6. The Balaban J connectivity index is 2.12. The van der Waals surface area contributed by atoms with Gasteiger partial charge in [0.1, 0.15) is 0 Å². The van der Waals surface area contributed by atoms with Crippen LogP contribution in [0.2, 0.25) is 0 Å². The second kappa shape index (κ2) is 4.90. The molecule has 0 fully saturated rings. The fourth-order valence-electron chi connectivity index (χ4n) is 1.60. The zero-order valence-corrected chi connectivity index (χ0v) is 12.4. The number of rotatable bonds is 4. The van der Waals surface area contributed by atoms with Crippen molar-refractivity contribution >= 4 is 26.6 Å². The van der Waals surface area contributed by atoms with Crippen LogP contribution in [-0.4, -0.2) is 42.1 Å². The van der Waals surface area contributed by atoms with Crippen molar-refractivity contribution in [2.75, 3.05) is 12.8 Å². The smallest absolute Gasteiger partial charge is 0.251 e. The predicted molar refractivity (Wildman–Crippen MR) is 77.3 cm³/mol. The molecule has 1 amide bonds. The van der Waals surface area contributed by atoms with Crippen molar-refractivity contribution < 1.29 is 13.2 Å². The Hall–Kier alpha value is -1.89. The average molecular weight is 295 g/mol. The maximum absolute atomic E-state index is 12.0. The van der Waals surface area contributed by atoms with Crippen molar-refractivity contribution in [3.05, 3.63) is 30.0 Å². The first kappa shape index (κ1) is 14.5. The van der Waals surface area contributed by atoms with E-state index in [2.05, 4.69) is 15.5 Å². The number of benzene rings is 1. The highest BCUT2D eigenvalue weighted by Gasteiger charge is 2.30. The van der Waals surface area contributed by atoms with E-state index in [1.54, 1.807) is 38.2 Å². The number of aromatic amines is 1. The largest absolute Gasteiger partial charge is 0.350 e. The Morgan fingerprint density at radius 3 is 2.75 bits per heavy atom. The van der Waals surface area contributed by atoms with Gasteiger partial charge in [0, 0.05) is 23.8 Å². The molecule has 0 bridgehead atoms. The maximum atomic E-state index is 12.0. The lowest BCUT2D eigenvalue weighted by molar-refractivity contribution is 0.0950. The topological polar surface area (TPSA) is 91.9 Å². The van der Waals surface area contributed by atoms with E-state index in [0.717, 1.165) is 17.2 Å². The molecule has 0 atom stereocenters. The lowest BCUT2D eigenvalue weighted by Crippen LogP contribution is -2.43. The normalized spacial score (nSPS) is 12.6. The van der Waals surface area contributed by atoms with E-state index in [9.17, 15) is 13.2 Å². The van der Waals surface area contributed by atoms with Crippen LogP contribution in [0.25, 0.3) is 10.9 Å². The minimum absolute atomic E-state index is 0.0612. The molecule has 0 saturated heterocycles. The van der Waals surface area contributed by atoms with Crippen LogP contribution in [0.5, 0.6) is 0 Å². The van der Waals surface area contributed by atoms with Gasteiger partial charge in [-0.3, -0.25) is 9.89 Å². The number of hydrogen-bond acceptors (Lipinski definition) is 4. The second-order valence-electron chi connectivity index (χ2n) is 5.39. The fourth-order valence-corrected chi connectivity index (χ4v) is 1.94. The SMILES string of the molecule is CC(C)(CNC(=O)c1ccc2cn[nH]c2c1)S(C)(=O)=O. The first-order valence-electron chi connectivity index (χ1n) is 6.12. The lowest BCUT2D eigenvalue weighted by Gasteiger charge is -2.22. The number of hydrogen-bond donors (Lipinski definition) is 2. The number of sulfone groups is 1. The molecule has 20 heavy (non-hydrogen) atoms. The van der Waals surface area contributed by atoms with Crippen LogP contribution >= 0.6 is 0 Å². The van der Waals surface area contributed by atoms with E-state index < -0.39 is 14.6 Å². The monoisotopic (exact) mass is 295 g/mol. The quantitative estimate of drug-likeness (QED) is 0.884. The third-order valence-corrected chi connectivity index (χ3v) is 5.53. The zero-order chi connectivity index (χ0) is 15.0. The maximum Gasteiger partial charge on any atom is 0.251 e. The molecule has 6 nitrogen and oxygen atoms in total. The summed E-state index contributed by atoms with van der Waals surface area (Å²) in [4.78, 5) is 12.0. The standard InChI is InChI=1S/C13H17N3O3S/c1-13(2,20(3,18)19)8-14-12(17)9-4-5-10-7-15-16-11(10)6-9/h4-7H,8H2,1-3H3,(H,14,17)(H,15,16). The summed E-state index contributed by atoms with van der Waals surface area (Å²) >= 11 is 0. The van der Waals surface area contributed by atoms with Crippen molar-refractivity contribution in [1.82, 2.24) is 15.5 Å². The van der Waals surface area contributed by atoms with Crippen LogP contribution in [0, 0.1) is 0 Å². The summed E-state index contributed by atoms with van der Waals surface area (Å²) in [6.45, 7) is 3.23. The first-order chi connectivity index (χ1) is 9.21. The number of fused-ring (bicyclic) bond motifs is 1. The molecule has 1 aromatic heterocycles. The molecule has 7 heteroatoms. The number of carbonyl (C=O) groups is 1. The van der Waals surface area contributed by atoms with E-state index in [1.165, 1.54) is 0 Å². The summed E-state index contributed by atoms with van der Waals surface area (Å²) in [5.74, 6) is -0.307. The molecule has 0 saturated carbocycles. The van der Waals surface area contributed by atoms with Crippen molar-refractivity contribution in [1.29, 1.82) is 0 Å². The summed E-state index contributed by atoms with van der Waals surface area (Å²) < 4.78 is 22.2. The molecule has 2 aromatic rings. The third kappa shape index (κ3) is 2.82. The van der Waals surface area contributed by atoms with E-state index in [1.807, 2.05) is 0 Å². The Bertz CT molecular complexity index is 747. The van der Waals surface area contributed by atoms with Gasteiger partial charge < -0.3 is 5.32 Å². The van der Waals surface area contributed by atoms with Crippen LogP contribution in [0.1, 0.15) is 24.2 Å². The Morgan fingerprint density at radius 1 is 1.40 bits per heavy atom. The highest BCUT2D eigenvalue weighted by Crippen LogP contribution is 2.15. The van der Waals surface area contributed by atoms with Crippen LogP contribution in [-0.2, 0) is 9.84 Å². The minimum Gasteiger partial charge on any atom is -0.350 e. The average Bonchev–Trinajstić information content (AvgIpc) is 2.81. The second-order valence-corrected chi connectivity index (χ2v) is 8.04. The predicted octanol–water partition coefficient (Wildman–Crippen LogP) is 1.12. The van der Waals surface area contributed by atoms with Gasteiger partial charge in [0.05, 0.1) is 16.5 Å². The van der Waals surface area contributed by atoms with E-state index in [-0.39, 0.29) is 12.5 Å².